The fourth-order valence-electron chi connectivity index (χ4n) is 3.66. The number of ether oxygens (including phenoxy) is 1. The molecule has 180 valence electrons. The summed E-state index contributed by atoms with van der Waals surface area (Å²) >= 11 is 4.74. The van der Waals surface area contributed by atoms with Crippen LogP contribution in [0.15, 0.2) is 52.9 Å². The van der Waals surface area contributed by atoms with Crippen molar-refractivity contribution in [1.82, 2.24) is 20.1 Å². The zero-order valence-electron chi connectivity index (χ0n) is 18.9. The number of methoxy groups -OCH3 is 1. The third-order valence-corrected chi connectivity index (χ3v) is 8.57. The second-order valence-electron chi connectivity index (χ2n) is 7.83. The zero-order valence-corrected chi connectivity index (χ0v) is 21.4. The third kappa shape index (κ3) is 5.63. The lowest BCUT2D eigenvalue weighted by Crippen LogP contribution is -2.29. The fraction of sp³-hybridized carbons (Fsp3) is 0.250. The summed E-state index contributed by atoms with van der Waals surface area (Å²) in [5.41, 5.74) is 3.83. The van der Waals surface area contributed by atoms with Gasteiger partial charge in [-0.25, -0.2) is 9.67 Å². The average Bonchev–Trinajstić information content (AvgIpc) is 3.58. The summed E-state index contributed by atoms with van der Waals surface area (Å²) in [5.74, 6) is 2.84. The number of para-hydroxylation sites is 1. The van der Waals surface area contributed by atoms with E-state index in [4.69, 9.17) is 4.74 Å². The first kappa shape index (κ1) is 23.7. The van der Waals surface area contributed by atoms with Crippen molar-refractivity contribution in [3.05, 3.63) is 65.4 Å². The van der Waals surface area contributed by atoms with Crippen LogP contribution in [0.25, 0.3) is 10.2 Å². The number of benzene rings is 2. The highest BCUT2D eigenvalue weighted by Gasteiger charge is 2.25. The van der Waals surface area contributed by atoms with Crippen molar-refractivity contribution < 1.29 is 14.3 Å². The van der Waals surface area contributed by atoms with Gasteiger partial charge in [0.25, 0.3) is 0 Å². The number of thiazole rings is 1. The molecule has 2 aromatic heterocycles. The third-order valence-electron chi connectivity index (χ3n) is 5.42. The number of fused-ring (bicyclic) bond motifs is 2. The maximum atomic E-state index is 12.8. The van der Waals surface area contributed by atoms with Crippen LogP contribution >= 0.6 is 34.9 Å². The van der Waals surface area contributed by atoms with Crippen LogP contribution in [0.3, 0.4) is 0 Å². The Labute approximate surface area is 214 Å². The first-order valence-electron chi connectivity index (χ1n) is 10.9. The highest BCUT2D eigenvalue weighted by molar-refractivity contribution is 8.01. The number of amides is 2. The topological polar surface area (TPSA) is 98.1 Å². The van der Waals surface area contributed by atoms with E-state index >= 15 is 0 Å². The van der Waals surface area contributed by atoms with Gasteiger partial charge in [-0.2, -0.15) is 16.9 Å². The molecule has 11 heteroatoms. The lowest BCUT2D eigenvalue weighted by Gasteiger charge is -2.11. The Morgan fingerprint density at radius 1 is 1.11 bits per heavy atom. The molecule has 0 spiro atoms. The lowest BCUT2D eigenvalue weighted by molar-refractivity contribution is -0.122. The molecule has 4 aromatic rings. The molecule has 5 rings (SSSR count). The molecule has 2 N–H and O–H groups in total. The van der Waals surface area contributed by atoms with Gasteiger partial charge < -0.3 is 15.4 Å². The predicted octanol–water partition coefficient (Wildman–Crippen LogP) is 4.30. The lowest BCUT2D eigenvalue weighted by atomic mass is 10.2. The minimum Gasteiger partial charge on any atom is -0.497 e. The molecule has 0 saturated heterocycles. The molecule has 0 radical (unpaired) electrons. The first-order valence-corrected chi connectivity index (χ1v) is 13.9. The number of anilines is 1. The standard InChI is InChI=1S/C24H23N5O3S3/c1-32-16-8-6-15(7-9-16)10-25-21(30)11-29-23(17-12-33-13-19(17)28-29)27-22(31)14-34-24-26-18-4-2-3-5-20(18)35-24/h2-9H,10-14H2,1H3,(H,25,30)(H,27,31). The highest BCUT2D eigenvalue weighted by atomic mass is 32.2. The predicted molar refractivity (Wildman–Crippen MR) is 141 cm³/mol. The summed E-state index contributed by atoms with van der Waals surface area (Å²) in [4.78, 5) is 30.0. The van der Waals surface area contributed by atoms with E-state index in [-0.39, 0.29) is 24.1 Å². The Morgan fingerprint density at radius 2 is 1.94 bits per heavy atom. The number of nitrogens with zero attached hydrogens (tertiary/aromatic N) is 3. The molecule has 0 fully saturated rings. The smallest absolute Gasteiger partial charge is 0.242 e. The van der Waals surface area contributed by atoms with Crippen LogP contribution in [-0.4, -0.2) is 39.4 Å². The minimum atomic E-state index is -0.172. The molecule has 3 heterocycles. The van der Waals surface area contributed by atoms with Gasteiger partial charge in [-0.1, -0.05) is 36.0 Å². The minimum absolute atomic E-state index is 0.0362. The van der Waals surface area contributed by atoms with E-state index in [1.54, 1.807) is 34.9 Å². The molecule has 2 amide bonds. The van der Waals surface area contributed by atoms with Crippen LogP contribution in [-0.2, 0) is 34.2 Å². The number of hydrogen-bond donors (Lipinski definition) is 2. The quantitative estimate of drug-likeness (QED) is 0.315. The van der Waals surface area contributed by atoms with E-state index in [0.29, 0.717) is 12.4 Å². The molecule has 0 atom stereocenters. The number of aromatic nitrogens is 3. The molecule has 1 aliphatic heterocycles. The van der Waals surface area contributed by atoms with E-state index in [1.165, 1.54) is 11.8 Å². The van der Waals surface area contributed by atoms with Gasteiger partial charge in [-0.3, -0.25) is 9.59 Å². The molecule has 0 unspecified atom stereocenters. The second-order valence-corrected chi connectivity index (χ2v) is 11.1. The van der Waals surface area contributed by atoms with Crippen molar-refractivity contribution in [2.45, 2.75) is 28.9 Å². The molecule has 8 nitrogen and oxygen atoms in total. The van der Waals surface area contributed by atoms with Crippen molar-refractivity contribution in [3.63, 3.8) is 0 Å². The van der Waals surface area contributed by atoms with E-state index in [0.717, 1.165) is 48.6 Å². The summed E-state index contributed by atoms with van der Waals surface area (Å²) < 4.78 is 8.73. The van der Waals surface area contributed by atoms with Gasteiger partial charge in [-0.05, 0) is 29.8 Å². The van der Waals surface area contributed by atoms with E-state index < -0.39 is 0 Å². The Morgan fingerprint density at radius 3 is 2.74 bits per heavy atom. The Hall–Kier alpha value is -3.02. The molecule has 35 heavy (non-hydrogen) atoms. The Kier molecular flexibility index (Phi) is 7.26. The molecule has 0 bridgehead atoms. The van der Waals surface area contributed by atoms with Gasteiger partial charge in [0.15, 0.2) is 4.34 Å². The number of rotatable bonds is 9. The van der Waals surface area contributed by atoms with Crippen LogP contribution in [0.1, 0.15) is 16.8 Å². The molecular formula is C24H23N5O3S3. The molecule has 0 saturated carbocycles. The monoisotopic (exact) mass is 525 g/mol. The van der Waals surface area contributed by atoms with Crippen molar-refractivity contribution in [2.75, 3.05) is 18.2 Å². The summed E-state index contributed by atoms with van der Waals surface area (Å²) in [6.45, 7) is 0.439. The molecule has 2 aromatic carbocycles. The van der Waals surface area contributed by atoms with Crippen molar-refractivity contribution in [3.8, 4) is 5.75 Å². The number of carbonyl (C=O) groups is 2. The maximum Gasteiger partial charge on any atom is 0.242 e. The number of carbonyl (C=O) groups excluding carboxylic acids is 2. The van der Waals surface area contributed by atoms with E-state index in [9.17, 15) is 9.59 Å². The second kappa shape index (κ2) is 10.7. The van der Waals surface area contributed by atoms with Gasteiger partial charge in [0.05, 0.1) is 28.8 Å². The Bertz CT molecular complexity index is 1330. The molecule has 0 aliphatic carbocycles. The van der Waals surface area contributed by atoms with E-state index in [2.05, 4.69) is 20.7 Å². The van der Waals surface area contributed by atoms with Crippen molar-refractivity contribution >= 4 is 62.7 Å². The highest BCUT2D eigenvalue weighted by Crippen LogP contribution is 2.35. The van der Waals surface area contributed by atoms with Gasteiger partial charge in [0.1, 0.15) is 18.1 Å². The summed E-state index contributed by atoms with van der Waals surface area (Å²) in [7, 11) is 1.62. The van der Waals surface area contributed by atoms with Crippen LogP contribution in [0.2, 0.25) is 0 Å². The van der Waals surface area contributed by atoms with E-state index in [1.807, 2.05) is 48.5 Å². The average molecular weight is 526 g/mol. The van der Waals surface area contributed by atoms with Crippen molar-refractivity contribution in [2.24, 2.45) is 0 Å². The summed E-state index contributed by atoms with van der Waals surface area (Å²) in [6, 6.07) is 15.5. The van der Waals surface area contributed by atoms with Crippen LogP contribution in [0, 0.1) is 0 Å². The number of nitrogens with one attached hydrogen (secondary N) is 2. The van der Waals surface area contributed by atoms with Crippen LogP contribution in [0.4, 0.5) is 5.82 Å². The van der Waals surface area contributed by atoms with Crippen LogP contribution in [0.5, 0.6) is 5.75 Å². The van der Waals surface area contributed by atoms with Gasteiger partial charge in [-0.15, -0.1) is 11.3 Å². The normalized spacial score (nSPS) is 12.5. The van der Waals surface area contributed by atoms with Gasteiger partial charge in [0, 0.05) is 23.6 Å². The van der Waals surface area contributed by atoms with Gasteiger partial charge >= 0.3 is 0 Å². The molecule has 1 aliphatic rings. The number of thioether (sulfide) groups is 2. The van der Waals surface area contributed by atoms with Crippen molar-refractivity contribution in [1.29, 1.82) is 0 Å². The maximum absolute atomic E-state index is 12.8. The SMILES string of the molecule is COc1ccc(CNC(=O)Cn2nc3c(c2NC(=O)CSc2nc4ccccc4s2)CSC3)cc1. The van der Waals surface area contributed by atoms with Crippen LogP contribution < -0.4 is 15.4 Å². The summed E-state index contributed by atoms with van der Waals surface area (Å²) in [6.07, 6.45) is 0. The zero-order chi connectivity index (χ0) is 24.2. The fourth-order valence-corrected chi connectivity index (χ4v) is 6.57. The largest absolute Gasteiger partial charge is 0.497 e. The molecular weight excluding hydrogens is 502 g/mol. The first-order chi connectivity index (χ1) is 17.1. The summed E-state index contributed by atoms with van der Waals surface area (Å²) in [5, 5.41) is 10.5. The number of hydrogen-bond acceptors (Lipinski definition) is 8. The van der Waals surface area contributed by atoms with Gasteiger partial charge in [0.2, 0.25) is 11.8 Å². The Balaban J connectivity index is 1.20.